The fraction of sp³-hybridized carbons (Fsp3) is 0.375. The largest absolute Gasteiger partial charge is 0.386 e. The third-order valence-corrected chi connectivity index (χ3v) is 4.12. The fourth-order valence-electron chi connectivity index (χ4n) is 2.56. The summed E-state index contributed by atoms with van der Waals surface area (Å²) in [5.74, 6) is -1.20. The Bertz CT molecular complexity index is 741. The van der Waals surface area contributed by atoms with Crippen LogP contribution in [0.3, 0.4) is 0 Å². The van der Waals surface area contributed by atoms with Gasteiger partial charge in [0.15, 0.2) is 0 Å². The van der Waals surface area contributed by atoms with Crippen molar-refractivity contribution >= 4 is 0 Å². The maximum Gasteiger partial charge on any atom is 0.253 e. The van der Waals surface area contributed by atoms with Gasteiger partial charge in [0.25, 0.3) is 5.56 Å². The predicted octanol–water partition coefficient (Wildman–Crippen LogP) is 2.52. The molecule has 0 radical (unpaired) electrons. The zero-order valence-corrected chi connectivity index (χ0v) is 11.9. The van der Waals surface area contributed by atoms with E-state index >= 15 is 0 Å². The van der Waals surface area contributed by atoms with Crippen LogP contribution in [0.2, 0.25) is 0 Å². The highest BCUT2D eigenvalue weighted by atomic mass is 19.1. The van der Waals surface area contributed by atoms with Crippen LogP contribution in [-0.4, -0.2) is 14.7 Å². The minimum absolute atomic E-state index is 0.0450. The molecule has 1 aliphatic carbocycles. The molecule has 116 valence electrons. The first kappa shape index (κ1) is 14.8. The van der Waals surface area contributed by atoms with Crippen LogP contribution in [0.4, 0.5) is 8.78 Å². The second-order valence-corrected chi connectivity index (χ2v) is 5.61. The molecule has 22 heavy (non-hydrogen) atoms. The average Bonchev–Trinajstić information content (AvgIpc) is 2.39. The highest BCUT2D eigenvalue weighted by Crippen LogP contribution is 2.34. The number of hydrogen-bond donors (Lipinski definition) is 1. The van der Waals surface area contributed by atoms with E-state index in [0.717, 1.165) is 31.0 Å². The van der Waals surface area contributed by atoms with Gasteiger partial charge in [0.2, 0.25) is 0 Å². The van der Waals surface area contributed by atoms with Crippen molar-refractivity contribution in [3.05, 3.63) is 63.8 Å². The Labute approximate surface area is 126 Å². The van der Waals surface area contributed by atoms with Crippen LogP contribution >= 0.6 is 0 Å². The molecule has 3 rings (SSSR count). The van der Waals surface area contributed by atoms with Crippen LogP contribution < -0.4 is 5.56 Å². The third-order valence-electron chi connectivity index (χ3n) is 4.12. The Kier molecular flexibility index (Phi) is 4.02. The van der Waals surface area contributed by atoms with Crippen LogP contribution in [0.25, 0.3) is 0 Å². The lowest BCUT2D eigenvalue weighted by Crippen LogP contribution is -2.25. The first-order chi connectivity index (χ1) is 10.5. The third kappa shape index (κ3) is 2.92. The summed E-state index contributed by atoms with van der Waals surface area (Å²) in [4.78, 5) is 16.3. The number of halogens is 2. The van der Waals surface area contributed by atoms with Gasteiger partial charge in [0.05, 0.1) is 24.7 Å². The topological polar surface area (TPSA) is 55.1 Å². The van der Waals surface area contributed by atoms with E-state index in [9.17, 15) is 18.7 Å². The maximum absolute atomic E-state index is 13.6. The number of aliphatic hydroxyl groups excluding tert-OH is 1. The highest BCUT2D eigenvalue weighted by molar-refractivity contribution is 5.21. The van der Waals surface area contributed by atoms with E-state index in [2.05, 4.69) is 4.98 Å². The standard InChI is InChI=1S/C16H16F2N2O2/c17-11-4-5-12(13(18)6-11)15(21)8-20-9-19-14(7-16(20)22)10-2-1-3-10/h4-7,9-10,15,21H,1-3,8H2. The molecule has 0 bridgehead atoms. The van der Waals surface area contributed by atoms with E-state index in [1.54, 1.807) is 0 Å². The summed E-state index contributed by atoms with van der Waals surface area (Å²) < 4.78 is 27.7. The smallest absolute Gasteiger partial charge is 0.253 e. The van der Waals surface area contributed by atoms with Gasteiger partial charge < -0.3 is 5.11 Å². The SMILES string of the molecule is O=c1cc(C2CCC2)ncn1CC(O)c1ccc(F)cc1F. The molecular weight excluding hydrogens is 290 g/mol. The lowest BCUT2D eigenvalue weighted by atomic mass is 9.83. The van der Waals surface area contributed by atoms with Gasteiger partial charge in [-0.05, 0) is 18.9 Å². The van der Waals surface area contributed by atoms with E-state index in [4.69, 9.17) is 0 Å². The van der Waals surface area contributed by atoms with Crippen molar-refractivity contribution in [3.8, 4) is 0 Å². The van der Waals surface area contributed by atoms with E-state index in [1.807, 2.05) is 0 Å². The zero-order chi connectivity index (χ0) is 15.7. The minimum atomic E-state index is -1.24. The second-order valence-electron chi connectivity index (χ2n) is 5.61. The normalized spacial score (nSPS) is 16.3. The Hall–Kier alpha value is -2.08. The van der Waals surface area contributed by atoms with E-state index in [-0.39, 0.29) is 17.7 Å². The van der Waals surface area contributed by atoms with Crippen molar-refractivity contribution in [2.24, 2.45) is 0 Å². The van der Waals surface area contributed by atoms with Crippen molar-refractivity contribution in [3.63, 3.8) is 0 Å². The predicted molar refractivity (Wildman–Crippen MR) is 76.4 cm³/mol. The van der Waals surface area contributed by atoms with Gasteiger partial charge in [-0.15, -0.1) is 0 Å². The van der Waals surface area contributed by atoms with E-state index in [0.29, 0.717) is 12.0 Å². The van der Waals surface area contributed by atoms with E-state index < -0.39 is 17.7 Å². The number of benzene rings is 1. The van der Waals surface area contributed by atoms with Gasteiger partial charge in [0.1, 0.15) is 11.6 Å². The summed E-state index contributed by atoms with van der Waals surface area (Å²) in [6.45, 7) is -0.126. The summed E-state index contributed by atoms with van der Waals surface area (Å²) >= 11 is 0. The maximum atomic E-state index is 13.6. The number of rotatable bonds is 4. The van der Waals surface area contributed by atoms with Crippen molar-refractivity contribution in [1.29, 1.82) is 0 Å². The molecule has 0 amide bonds. The van der Waals surface area contributed by atoms with E-state index in [1.165, 1.54) is 23.0 Å². The molecule has 1 N–H and O–H groups in total. The lowest BCUT2D eigenvalue weighted by molar-refractivity contribution is 0.150. The Balaban J connectivity index is 1.78. The second kappa shape index (κ2) is 5.96. The van der Waals surface area contributed by atoms with Gasteiger partial charge in [-0.3, -0.25) is 9.36 Å². The van der Waals surface area contributed by atoms with Gasteiger partial charge >= 0.3 is 0 Å². The molecule has 6 heteroatoms. The summed E-state index contributed by atoms with van der Waals surface area (Å²) in [5, 5.41) is 10.1. The molecule has 1 heterocycles. The number of nitrogens with zero attached hydrogens (tertiary/aromatic N) is 2. The van der Waals surface area contributed by atoms with Crippen LogP contribution in [-0.2, 0) is 6.54 Å². The lowest BCUT2D eigenvalue weighted by Gasteiger charge is -2.24. The molecule has 1 unspecified atom stereocenters. The number of aliphatic hydroxyl groups is 1. The number of aromatic nitrogens is 2. The molecule has 0 spiro atoms. The summed E-state index contributed by atoms with van der Waals surface area (Å²) in [6.07, 6.45) is 3.37. The Morgan fingerprint density at radius 1 is 1.32 bits per heavy atom. The average molecular weight is 306 g/mol. The van der Waals surface area contributed by atoms with Crippen molar-refractivity contribution in [2.75, 3.05) is 0 Å². The van der Waals surface area contributed by atoms with Gasteiger partial charge in [0, 0.05) is 23.6 Å². The van der Waals surface area contributed by atoms with Crippen molar-refractivity contribution in [1.82, 2.24) is 9.55 Å². The van der Waals surface area contributed by atoms with Gasteiger partial charge in [-0.1, -0.05) is 12.5 Å². The van der Waals surface area contributed by atoms with Crippen LogP contribution in [0.5, 0.6) is 0 Å². The fourth-order valence-corrected chi connectivity index (χ4v) is 2.56. The molecule has 1 atom stereocenters. The first-order valence-electron chi connectivity index (χ1n) is 7.24. The summed E-state index contributed by atoms with van der Waals surface area (Å²) in [5.41, 5.74) is 0.449. The zero-order valence-electron chi connectivity index (χ0n) is 11.9. The quantitative estimate of drug-likeness (QED) is 0.944. The van der Waals surface area contributed by atoms with Crippen molar-refractivity contribution in [2.45, 2.75) is 37.8 Å². The molecule has 0 saturated heterocycles. The Morgan fingerprint density at radius 3 is 2.68 bits per heavy atom. The number of hydrogen-bond acceptors (Lipinski definition) is 3. The molecule has 1 fully saturated rings. The first-order valence-corrected chi connectivity index (χ1v) is 7.24. The highest BCUT2D eigenvalue weighted by Gasteiger charge is 2.22. The molecule has 1 saturated carbocycles. The van der Waals surface area contributed by atoms with Gasteiger partial charge in [-0.2, -0.15) is 0 Å². The molecule has 1 aromatic heterocycles. The Morgan fingerprint density at radius 2 is 2.09 bits per heavy atom. The van der Waals surface area contributed by atoms with Crippen LogP contribution in [0, 0.1) is 11.6 Å². The monoisotopic (exact) mass is 306 g/mol. The molecule has 1 aliphatic rings. The molecule has 1 aromatic carbocycles. The molecule has 2 aromatic rings. The molecular formula is C16H16F2N2O2. The summed E-state index contributed by atoms with van der Waals surface area (Å²) in [6, 6.07) is 4.43. The van der Waals surface area contributed by atoms with Crippen LogP contribution in [0.15, 0.2) is 35.4 Å². The van der Waals surface area contributed by atoms with Crippen LogP contribution in [0.1, 0.15) is 42.5 Å². The van der Waals surface area contributed by atoms with Crippen molar-refractivity contribution < 1.29 is 13.9 Å². The van der Waals surface area contributed by atoms with Gasteiger partial charge in [-0.25, -0.2) is 13.8 Å². The molecule has 4 nitrogen and oxygen atoms in total. The summed E-state index contributed by atoms with van der Waals surface area (Å²) in [7, 11) is 0. The molecule has 0 aliphatic heterocycles. The minimum Gasteiger partial charge on any atom is -0.386 e.